The Morgan fingerprint density at radius 2 is 2.22 bits per heavy atom. The van der Waals surface area contributed by atoms with Gasteiger partial charge in [-0.2, -0.15) is 0 Å². The van der Waals surface area contributed by atoms with Gasteiger partial charge in [-0.1, -0.05) is 6.07 Å². The van der Waals surface area contributed by atoms with E-state index in [0.29, 0.717) is 13.2 Å². The van der Waals surface area contributed by atoms with E-state index in [2.05, 4.69) is 0 Å². The van der Waals surface area contributed by atoms with E-state index in [-0.39, 0.29) is 11.3 Å². The van der Waals surface area contributed by atoms with Gasteiger partial charge in [0.1, 0.15) is 5.56 Å². The van der Waals surface area contributed by atoms with Crippen molar-refractivity contribution >= 4 is 11.6 Å². The number of amides is 1. The van der Waals surface area contributed by atoms with Gasteiger partial charge in [0.25, 0.3) is 11.6 Å². The third-order valence-electron chi connectivity index (χ3n) is 2.81. The summed E-state index contributed by atoms with van der Waals surface area (Å²) in [5, 5.41) is 12.1. The van der Waals surface area contributed by atoms with Crippen molar-refractivity contribution in [3.63, 3.8) is 0 Å². The summed E-state index contributed by atoms with van der Waals surface area (Å²) in [5.41, 5.74) is 0.711. The molecule has 1 aliphatic rings. The fraction of sp³-hybridized carbons (Fsp3) is 0.417. The van der Waals surface area contributed by atoms with Crippen molar-refractivity contribution < 1.29 is 14.6 Å². The highest BCUT2D eigenvalue weighted by atomic mass is 16.7. The Hall–Kier alpha value is -1.95. The van der Waals surface area contributed by atoms with E-state index >= 15 is 0 Å². The molecule has 0 bridgehead atoms. The molecule has 1 saturated heterocycles. The van der Waals surface area contributed by atoms with E-state index in [1.807, 2.05) is 0 Å². The molecule has 1 aromatic carbocycles. The van der Waals surface area contributed by atoms with Crippen molar-refractivity contribution in [3.8, 4) is 0 Å². The number of carbonyl (C=O) groups is 1. The van der Waals surface area contributed by atoms with E-state index in [1.165, 1.54) is 17.2 Å². The first kappa shape index (κ1) is 12.5. The smallest absolute Gasteiger partial charge is 0.271 e. The number of benzene rings is 1. The van der Waals surface area contributed by atoms with Crippen LogP contribution >= 0.6 is 0 Å². The number of hydroxylamine groups is 2. The monoisotopic (exact) mass is 250 g/mol. The van der Waals surface area contributed by atoms with Crippen LogP contribution in [0.3, 0.4) is 0 Å². The Morgan fingerprint density at radius 3 is 2.83 bits per heavy atom. The maximum atomic E-state index is 12.2. The fourth-order valence-corrected chi connectivity index (χ4v) is 1.87. The Kier molecular flexibility index (Phi) is 3.57. The number of nitro groups is 1. The molecule has 0 radical (unpaired) electrons. The molecule has 1 heterocycles. The topological polar surface area (TPSA) is 72.7 Å². The van der Waals surface area contributed by atoms with Crippen molar-refractivity contribution in [2.24, 2.45) is 0 Å². The number of aryl methyl sites for hydroxylation is 1. The van der Waals surface area contributed by atoms with Crippen LogP contribution < -0.4 is 0 Å². The molecule has 0 spiro atoms. The molecule has 0 atom stereocenters. The van der Waals surface area contributed by atoms with E-state index < -0.39 is 10.8 Å². The van der Waals surface area contributed by atoms with Crippen molar-refractivity contribution in [3.05, 3.63) is 39.4 Å². The van der Waals surface area contributed by atoms with Crippen LogP contribution in [0.2, 0.25) is 0 Å². The average Bonchev–Trinajstić information content (AvgIpc) is 2.38. The molecule has 0 unspecified atom stereocenters. The second-order valence-corrected chi connectivity index (χ2v) is 4.23. The van der Waals surface area contributed by atoms with Gasteiger partial charge in [-0.25, -0.2) is 5.06 Å². The Balaban J connectivity index is 2.33. The molecule has 6 heteroatoms. The second-order valence-electron chi connectivity index (χ2n) is 4.23. The lowest BCUT2D eigenvalue weighted by Crippen LogP contribution is -2.36. The van der Waals surface area contributed by atoms with Crippen molar-refractivity contribution in [1.29, 1.82) is 0 Å². The average molecular weight is 250 g/mol. The van der Waals surface area contributed by atoms with Crippen LogP contribution in [0, 0.1) is 17.0 Å². The number of nitro benzene ring substituents is 1. The lowest BCUT2D eigenvalue weighted by atomic mass is 10.1. The molecule has 96 valence electrons. The Labute approximate surface area is 104 Å². The van der Waals surface area contributed by atoms with Crippen molar-refractivity contribution in [2.75, 3.05) is 13.2 Å². The Bertz CT molecular complexity index is 481. The summed E-state index contributed by atoms with van der Waals surface area (Å²) in [6.07, 6.45) is 1.76. The van der Waals surface area contributed by atoms with Crippen LogP contribution in [-0.2, 0) is 4.84 Å². The predicted molar refractivity (Wildman–Crippen MR) is 64.1 cm³/mol. The highest BCUT2D eigenvalue weighted by molar-refractivity contribution is 5.97. The molecule has 6 nitrogen and oxygen atoms in total. The SMILES string of the molecule is Cc1ccc([N+](=O)[O-])c(C(=O)N2CCCCO2)c1. The Morgan fingerprint density at radius 1 is 1.44 bits per heavy atom. The number of carbonyl (C=O) groups excluding carboxylic acids is 1. The highest BCUT2D eigenvalue weighted by Gasteiger charge is 2.26. The maximum Gasteiger partial charge on any atom is 0.284 e. The summed E-state index contributed by atoms with van der Waals surface area (Å²) in [6, 6.07) is 4.50. The standard InChI is InChI=1S/C12H14N2O4/c1-9-4-5-11(14(16)17)10(8-9)12(15)13-6-2-3-7-18-13/h4-5,8H,2-3,6-7H2,1H3. The predicted octanol–water partition coefficient (Wildman–Crippen LogP) is 2.07. The largest absolute Gasteiger partial charge is 0.284 e. The van der Waals surface area contributed by atoms with Gasteiger partial charge >= 0.3 is 0 Å². The van der Waals surface area contributed by atoms with Crippen LogP contribution in [0.5, 0.6) is 0 Å². The molecule has 1 aliphatic heterocycles. The second kappa shape index (κ2) is 5.14. The molecule has 2 rings (SSSR count). The molecule has 0 saturated carbocycles. The normalized spacial score (nSPS) is 15.5. The summed E-state index contributed by atoms with van der Waals surface area (Å²) >= 11 is 0. The number of nitrogens with zero attached hydrogens (tertiary/aromatic N) is 2. The first-order valence-corrected chi connectivity index (χ1v) is 5.79. The third kappa shape index (κ3) is 2.48. The minimum atomic E-state index is -0.545. The fourth-order valence-electron chi connectivity index (χ4n) is 1.87. The number of rotatable bonds is 2. The molecular weight excluding hydrogens is 236 g/mol. The highest BCUT2D eigenvalue weighted by Crippen LogP contribution is 2.22. The summed E-state index contributed by atoms with van der Waals surface area (Å²) < 4.78 is 0. The van der Waals surface area contributed by atoms with Crippen LogP contribution in [-0.4, -0.2) is 29.0 Å². The van der Waals surface area contributed by atoms with Gasteiger partial charge in [-0.15, -0.1) is 0 Å². The minimum absolute atomic E-state index is 0.0851. The van der Waals surface area contributed by atoms with Crippen LogP contribution in [0.4, 0.5) is 5.69 Å². The molecule has 0 aromatic heterocycles. The summed E-state index contributed by atoms with van der Waals surface area (Å²) in [5.74, 6) is -0.440. The molecule has 1 amide bonds. The van der Waals surface area contributed by atoms with E-state index in [1.54, 1.807) is 13.0 Å². The molecular formula is C12H14N2O4. The number of hydrogen-bond acceptors (Lipinski definition) is 4. The van der Waals surface area contributed by atoms with Gasteiger partial charge < -0.3 is 0 Å². The minimum Gasteiger partial charge on any atom is -0.271 e. The summed E-state index contributed by atoms with van der Waals surface area (Å²) in [4.78, 5) is 27.8. The zero-order chi connectivity index (χ0) is 13.1. The van der Waals surface area contributed by atoms with Crippen LogP contribution in [0.1, 0.15) is 28.8 Å². The van der Waals surface area contributed by atoms with Crippen molar-refractivity contribution in [2.45, 2.75) is 19.8 Å². The first-order chi connectivity index (χ1) is 8.59. The molecule has 18 heavy (non-hydrogen) atoms. The molecule has 1 fully saturated rings. The van der Waals surface area contributed by atoms with Gasteiger partial charge in [-0.05, 0) is 31.4 Å². The summed E-state index contributed by atoms with van der Waals surface area (Å²) in [6.45, 7) is 2.74. The molecule has 1 aromatic rings. The van der Waals surface area contributed by atoms with Gasteiger partial charge in [-0.3, -0.25) is 19.7 Å². The van der Waals surface area contributed by atoms with Gasteiger partial charge in [0, 0.05) is 12.6 Å². The van der Waals surface area contributed by atoms with Crippen LogP contribution in [0.15, 0.2) is 18.2 Å². The van der Waals surface area contributed by atoms with E-state index in [9.17, 15) is 14.9 Å². The first-order valence-electron chi connectivity index (χ1n) is 5.79. The van der Waals surface area contributed by atoms with E-state index in [0.717, 1.165) is 18.4 Å². The quantitative estimate of drug-likeness (QED) is 0.595. The number of hydrogen-bond donors (Lipinski definition) is 0. The lowest BCUT2D eigenvalue weighted by Gasteiger charge is -2.25. The van der Waals surface area contributed by atoms with Crippen LogP contribution in [0.25, 0.3) is 0 Å². The molecule has 0 aliphatic carbocycles. The maximum absolute atomic E-state index is 12.2. The van der Waals surface area contributed by atoms with Gasteiger partial charge in [0.15, 0.2) is 0 Å². The van der Waals surface area contributed by atoms with Gasteiger partial charge in [0.2, 0.25) is 0 Å². The third-order valence-corrected chi connectivity index (χ3v) is 2.81. The summed E-state index contributed by atoms with van der Waals surface area (Å²) in [7, 11) is 0. The zero-order valence-electron chi connectivity index (χ0n) is 10.1. The van der Waals surface area contributed by atoms with Gasteiger partial charge in [0.05, 0.1) is 11.5 Å². The lowest BCUT2D eigenvalue weighted by molar-refractivity contribution is -0.385. The zero-order valence-corrected chi connectivity index (χ0v) is 10.1. The molecule has 0 N–H and O–H groups in total. The van der Waals surface area contributed by atoms with Crippen molar-refractivity contribution in [1.82, 2.24) is 5.06 Å². The van der Waals surface area contributed by atoms with E-state index in [4.69, 9.17) is 4.84 Å².